The molecule has 0 aromatic rings. The lowest BCUT2D eigenvalue weighted by Gasteiger charge is -2.31. The van der Waals surface area contributed by atoms with Crippen molar-refractivity contribution >= 4 is 15.9 Å². The Labute approximate surface area is 110 Å². The zero-order valence-corrected chi connectivity index (χ0v) is 12.3. The summed E-state index contributed by atoms with van der Waals surface area (Å²) in [5.74, 6) is -0.110. The van der Waals surface area contributed by atoms with Gasteiger partial charge in [-0.25, -0.2) is 12.7 Å². The Morgan fingerprint density at radius 1 is 1.44 bits per heavy atom. The zero-order chi connectivity index (χ0) is 13.8. The van der Waals surface area contributed by atoms with E-state index in [1.807, 2.05) is 13.8 Å². The minimum absolute atomic E-state index is 0.0136. The molecule has 1 aliphatic heterocycles. The van der Waals surface area contributed by atoms with Crippen molar-refractivity contribution < 1.29 is 13.2 Å². The summed E-state index contributed by atoms with van der Waals surface area (Å²) in [6.45, 7) is 6.49. The molecule has 0 spiro atoms. The average Bonchev–Trinajstić information content (AvgIpc) is 2.38. The topological polar surface area (TPSA) is 66.5 Å². The van der Waals surface area contributed by atoms with Crippen molar-refractivity contribution in [1.29, 1.82) is 0 Å². The quantitative estimate of drug-likeness (QED) is 0.813. The van der Waals surface area contributed by atoms with Gasteiger partial charge in [0.1, 0.15) is 0 Å². The van der Waals surface area contributed by atoms with Gasteiger partial charge in [-0.1, -0.05) is 6.92 Å². The Kier molecular flexibility index (Phi) is 5.59. The largest absolute Gasteiger partial charge is 0.353 e. The number of nitrogens with one attached hydrogen (secondary N) is 1. The Bertz CT molecular complexity index is 381. The first-order chi connectivity index (χ1) is 8.40. The van der Waals surface area contributed by atoms with Crippen molar-refractivity contribution in [2.75, 3.05) is 18.8 Å². The highest BCUT2D eigenvalue weighted by Crippen LogP contribution is 2.19. The van der Waals surface area contributed by atoms with Crippen LogP contribution in [0.3, 0.4) is 0 Å². The van der Waals surface area contributed by atoms with Crippen molar-refractivity contribution in [3.05, 3.63) is 0 Å². The fraction of sp³-hybridized carbons (Fsp3) is 0.917. The van der Waals surface area contributed by atoms with Crippen LogP contribution in [0, 0.1) is 5.92 Å². The number of hydrogen-bond donors (Lipinski definition) is 1. The molecule has 106 valence electrons. The highest BCUT2D eigenvalue weighted by atomic mass is 32.2. The summed E-state index contributed by atoms with van der Waals surface area (Å²) in [5, 5.41) is 2.93. The molecule has 0 unspecified atom stereocenters. The van der Waals surface area contributed by atoms with Crippen LogP contribution in [0.5, 0.6) is 0 Å². The number of rotatable bonds is 5. The van der Waals surface area contributed by atoms with Gasteiger partial charge in [0.05, 0.1) is 11.7 Å². The molecule has 1 heterocycles. The summed E-state index contributed by atoms with van der Waals surface area (Å²) >= 11 is 0. The molecule has 0 bridgehead atoms. The first-order valence-electron chi connectivity index (χ1n) is 6.68. The molecule has 0 aliphatic carbocycles. The maximum absolute atomic E-state index is 12.0. The van der Waals surface area contributed by atoms with E-state index in [2.05, 4.69) is 5.32 Å². The van der Waals surface area contributed by atoms with E-state index >= 15 is 0 Å². The molecule has 1 rings (SSSR count). The minimum Gasteiger partial charge on any atom is -0.353 e. The third-order valence-electron chi connectivity index (χ3n) is 3.51. The number of sulfonamides is 1. The van der Waals surface area contributed by atoms with Gasteiger partial charge in [-0.3, -0.25) is 4.79 Å². The molecular formula is C12H24N2O3S. The second kappa shape index (κ2) is 6.52. The van der Waals surface area contributed by atoms with E-state index in [0.29, 0.717) is 13.1 Å². The first kappa shape index (κ1) is 15.4. The van der Waals surface area contributed by atoms with Gasteiger partial charge in [-0.05, 0) is 33.1 Å². The normalized spacial score (nSPS) is 23.6. The smallest absolute Gasteiger partial charge is 0.224 e. The lowest BCUT2D eigenvalue weighted by molar-refractivity contribution is -0.126. The summed E-state index contributed by atoms with van der Waals surface area (Å²) < 4.78 is 25.0. The molecule has 0 aromatic carbocycles. The lowest BCUT2D eigenvalue weighted by atomic mass is 9.98. The Balaban J connectivity index is 2.61. The van der Waals surface area contributed by atoms with Crippen LogP contribution in [-0.4, -0.2) is 43.5 Å². The number of nitrogens with zero attached hydrogens (tertiary/aromatic N) is 1. The summed E-state index contributed by atoms with van der Waals surface area (Å²) in [6, 6.07) is 0.149. The third kappa shape index (κ3) is 3.95. The zero-order valence-electron chi connectivity index (χ0n) is 11.5. The van der Waals surface area contributed by atoms with Gasteiger partial charge in [0.25, 0.3) is 0 Å². The molecule has 1 saturated heterocycles. The van der Waals surface area contributed by atoms with E-state index in [9.17, 15) is 13.2 Å². The molecule has 6 heteroatoms. The Morgan fingerprint density at radius 2 is 2.11 bits per heavy atom. The Hall–Kier alpha value is -0.620. The fourth-order valence-electron chi connectivity index (χ4n) is 2.05. The number of piperidine rings is 1. The van der Waals surface area contributed by atoms with Crippen LogP contribution in [0.1, 0.15) is 40.0 Å². The van der Waals surface area contributed by atoms with Gasteiger partial charge in [-0.15, -0.1) is 0 Å². The van der Waals surface area contributed by atoms with Gasteiger partial charge in [0, 0.05) is 19.1 Å². The molecule has 2 atom stereocenters. The number of amides is 1. The van der Waals surface area contributed by atoms with Crippen LogP contribution < -0.4 is 5.32 Å². The molecule has 0 radical (unpaired) electrons. The van der Waals surface area contributed by atoms with Gasteiger partial charge in [0.15, 0.2) is 0 Å². The van der Waals surface area contributed by atoms with E-state index in [4.69, 9.17) is 0 Å². The second-order valence-electron chi connectivity index (χ2n) is 4.92. The third-order valence-corrected chi connectivity index (χ3v) is 5.36. The maximum Gasteiger partial charge on any atom is 0.224 e. The fourth-order valence-corrected chi connectivity index (χ4v) is 3.23. The van der Waals surface area contributed by atoms with E-state index < -0.39 is 10.0 Å². The lowest BCUT2D eigenvalue weighted by Crippen LogP contribution is -2.47. The predicted octanol–water partition coefficient (Wildman–Crippen LogP) is 0.963. The number of hydrogen-bond acceptors (Lipinski definition) is 3. The summed E-state index contributed by atoms with van der Waals surface area (Å²) in [5.41, 5.74) is 0. The van der Waals surface area contributed by atoms with E-state index in [-0.39, 0.29) is 23.6 Å². The van der Waals surface area contributed by atoms with Crippen molar-refractivity contribution in [2.24, 2.45) is 5.92 Å². The van der Waals surface area contributed by atoms with E-state index in [0.717, 1.165) is 19.3 Å². The standard InChI is InChI=1S/C12H24N2O3S/c1-4-10(3)13-12(15)11-7-6-8-14(9-11)18(16,17)5-2/h10-11H,4-9H2,1-3H3,(H,13,15)/t10-,11-/m1/s1. The minimum atomic E-state index is -3.17. The summed E-state index contributed by atoms with van der Waals surface area (Å²) in [4.78, 5) is 12.0. The summed E-state index contributed by atoms with van der Waals surface area (Å²) in [6.07, 6.45) is 2.42. The van der Waals surface area contributed by atoms with Crippen molar-refractivity contribution in [3.8, 4) is 0 Å². The molecule has 5 nitrogen and oxygen atoms in total. The Morgan fingerprint density at radius 3 is 2.67 bits per heavy atom. The number of carbonyl (C=O) groups is 1. The van der Waals surface area contributed by atoms with Gasteiger partial charge in [-0.2, -0.15) is 0 Å². The van der Waals surface area contributed by atoms with Crippen molar-refractivity contribution in [2.45, 2.75) is 46.1 Å². The molecule has 18 heavy (non-hydrogen) atoms. The molecule has 1 fully saturated rings. The summed E-state index contributed by atoms with van der Waals surface area (Å²) in [7, 11) is -3.17. The van der Waals surface area contributed by atoms with Crippen molar-refractivity contribution in [3.63, 3.8) is 0 Å². The highest BCUT2D eigenvalue weighted by Gasteiger charge is 2.31. The molecule has 0 saturated carbocycles. The van der Waals surface area contributed by atoms with Crippen LogP contribution in [0.15, 0.2) is 0 Å². The maximum atomic E-state index is 12.0. The second-order valence-corrected chi connectivity index (χ2v) is 7.17. The monoisotopic (exact) mass is 276 g/mol. The SMILES string of the molecule is CC[C@@H](C)NC(=O)[C@@H]1CCCN(S(=O)(=O)CC)C1. The van der Waals surface area contributed by atoms with Crippen LogP contribution in [0.4, 0.5) is 0 Å². The molecule has 1 amide bonds. The molecule has 1 aliphatic rings. The van der Waals surface area contributed by atoms with Gasteiger partial charge >= 0.3 is 0 Å². The first-order valence-corrected chi connectivity index (χ1v) is 8.29. The number of carbonyl (C=O) groups excluding carboxylic acids is 1. The van der Waals surface area contributed by atoms with Crippen LogP contribution in [0.25, 0.3) is 0 Å². The van der Waals surface area contributed by atoms with E-state index in [1.165, 1.54) is 4.31 Å². The van der Waals surface area contributed by atoms with Crippen LogP contribution in [0.2, 0.25) is 0 Å². The van der Waals surface area contributed by atoms with E-state index in [1.54, 1.807) is 6.92 Å². The van der Waals surface area contributed by atoms with Gasteiger partial charge in [0.2, 0.25) is 15.9 Å². The van der Waals surface area contributed by atoms with Crippen LogP contribution in [-0.2, 0) is 14.8 Å². The van der Waals surface area contributed by atoms with Gasteiger partial charge < -0.3 is 5.32 Å². The highest BCUT2D eigenvalue weighted by molar-refractivity contribution is 7.89. The molecular weight excluding hydrogens is 252 g/mol. The van der Waals surface area contributed by atoms with Crippen molar-refractivity contribution in [1.82, 2.24) is 9.62 Å². The van der Waals surface area contributed by atoms with Crippen LogP contribution >= 0.6 is 0 Å². The molecule has 0 aromatic heterocycles. The predicted molar refractivity (Wildman–Crippen MR) is 71.7 cm³/mol. The average molecular weight is 276 g/mol. The molecule has 1 N–H and O–H groups in total.